The molecule has 0 bridgehead atoms. The molecular formula is C19H17F3N2OS. The molecule has 26 heavy (non-hydrogen) atoms. The molecule has 1 atom stereocenters. The Balaban J connectivity index is 1.88. The van der Waals surface area contributed by atoms with Crippen LogP contribution in [-0.4, -0.2) is 36.1 Å². The molecule has 0 radical (unpaired) electrons. The number of halogens is 3. The average Bonchev–Trinajstić information content (AvgIpc) is 3.22. The van der Waals surface area contributed by atoms with Crippen molar-refractivity contribution in [3.05, 3.63) is 52.2 Å². The van der Waals surface area contributed by atoms with Crippen LogP contribution in [-0.2, 0) is 11.3 Å². The first kappa shape index (κ1) is 18.3. The third-order valence-corrected chi connectivity index (χ3v) is 5.13. The number of hydrogen-bond acceptors (Lipinski definition) is 3. The number of alkyl halides is 3. The molecule has 0 N–H and O–H groups in total. The Kier molecular flexibility index (Phi) is 5.23. The van der Waals surface area contributed by atoms with Gasteiger partial charge in [0, 0.05) is 22.7 Å². The Hall–Kier alpha value is -2.46. The molecule has 1 aliphatic heterocycles. The summed E-state index contributed by atoms with van der Waals surface area (Å²) in [4.78, 5) is 16.4. The molecule has 136 valence electrons. The summed E-state index contributed by atoms with van der Waals surface area (Å²) >= 11 is 1.54. The fraction of sp³-hybridized carbons (Fsp3) is 0.316. The van der Waals surface area contributed by atoms with Crippen LogP contribution < -0.4 is 4.90 Å². The lowest BCUT2D eigenvalue weighted by Crippen LogP contribution is -2.44. The molecule has 3 rings (SSSR count). The standard InChI is InChI=1S/C19H17F3N2OS/c1-2-14-5-3-6-15(11-14)24(12-16-7-4-10-26-16)17-8-9-23(18(17)25)13-19(20,21)22/h1,3-7,10-11,17H,8-9,12-13H2. The topological polar surface area (TPSA) is 23.6 Å². The Morgan fingerprint density at radius 3 is 2.77 bits per heavy atom. The van der Waals surface area contributed by atoms with Gasteiger partial charge in [0.25, 0.3) is 0 Å². The fourth-order valence-corrected chi connectivity index (χ4v) is 3.81. The smallest absolute Gasteiger partial charge is 0.354 e. The van der Waals surface area contributed by atoms with Gasteiger partial charge in [-0.05, 0) is 36.1 Å². The fourth-order valence-electron chi connectivity index (χ4n) is 3.11. The molecule has 7 heteroatoms. The first-order valence-electron chi connectivity index (χ1n) is 8.08. The number of likely N-dealkylation sites (tertiary alicyclic amines) is 1. The van der Waals surface area contributed by atoms with E-state index in [1.807, 2.05) is 28.5 Å². The normalized spacial score (nSPS) is 17.4. The zero-order chi connectivity index (χ0) is 18.7. The van der Waals surface area contributed by atoms with Gasteiger partial charge in [-0.3, -0.25) is 4.79 Å². The van der Waals surface area contributed by atoms with Crippen molar-refractivity contribution in [1.82, 2.24) is 4.90 Å². The Morgan fingerprint density at radius 2 is 2.12 bits per heavy atom. The summed E-state index contributed by atoms with van der Waals surface area (Å²) < 4.78 is 38.1. The van der Waals surface area contributed by atoms with Gasteiger partial charge in [0.05, 0.1) is 6.54 Å². The van der Waals surface area contributed by atoms with Crippen LogP contribution in [0, 0.1) is 12.3 Å². The van der Waals surface area contributed by atoms with Gasteiger partial charge in [0.2, 0.25) is 5.91 Å². The van der Waals surface area contributed by atoms with Crippen molar-refractivity contribution in [2.45, 2.75) is 25.2 Å². The number of rotatable bonds is 5. The maximum absolute atomic E-state index is 12.7. The van der Waals surface area contributed by atoms with Crippen LogP contribution in [0.1, 0.15) is 16.9 Å². The lowest BCUT2D eigenvalue weighted by molar-refractivity contribution is -0.157. The van der Waals surface area contributed by atoms with E-state index < -0.39 is 24.7 Å². The van der Waals surface area contributed by atoms with Gasteiger partial charge in [-0.15, -0.1) is 17.8 Å². The Bertz CT molecular complexity index is 811. The summed E-state index contributed by atoms with van der Waals surface area (Å²) in [5.74, 6) is 2.06. The number of benzene rings is 1. The summed E-state index contributed by atoms with van der Waals surface area (Å²) in [7, 11) is 0. The first-order valence-corrected chi connectivity index (χ1v) is 8.96. The highest BCUT2D eigenvalue weighted by Gasteiger charge is 2.41. The Morgan fingerprint density at radius 1 is 1.31 bits per heavy atom. The van der Waals surface area contributed by atoms with Crippen LogP contribution in [0.4, 0.5) is 18.9 Å². The van der Waals surface area contributed by atoms with Crippen LogP contribution in [0.25, 0.3) is 0 Å². The number of nitrogens with zero attached hydrogens (tertiary/aromatic N) is 2. The van der Waals surface area contributed by atoms with Crippen LogP contribution >= 0.6 is 11.3 Å². The highest BCUT2D eigenvalue weighted by molar-refractivity contribution is 7.09. The number of hydrogen-bond donors (Lipinski definition) is 0. The lowest BCUT2D eigenvalue weighted by atomic mass is 10.1. The SMILES string of the molecule is C#Cc1cccc(N(Cc2cccs2)C2CCN(CC(F)(F)F)C2=O)c1. The molecule has 1 fully saturated rings. The van der Waals surface area contributed by atoms with Crippen LogP contribution in [0.5, 0.6) is 0 Å². The monoisotopic (exact) mass is 378 g/mol. The van der Waals surface area contributed by atoms with E-state index in [-0.39, 0.29) is 6.54 Å². The molecule has 1 saturated heterocycles. The van der Waals surface area contributed by atoms with E-state index in [0.717, 1.165) is 15.5 Å². The predicted octanol–water partition coefficient (Wildman–Crippen LogP) is 3.90. The van der Waals surface area contributed by atoms with E-state index in [9.17, 15) is 18.0 Å². The van der Waals surface area contributed by atoms with Crippen LogP contribution in [0.3, 0.4) is 0 Å². The second-order valence-electron chi connectivity index (χ2n) is 6.08. The highest BCUT2D eigenvalue weighted by Crippen LogP contribution is 2.29. The molecule has 2 heterocycles. The van der Waals surface area contributed by atoms with E-state index >= 15 is 0 Å². The minimum Gasteiger partial charge on any atom is -0.354 e. The number of carbonyl (C=O) groups is 1. The predicted molar refractivity (Wildman–Crippen MR) is 95.9 cm³/mol. The van der Waals surface area contributed by atoms with Gasteiger partial charge in [-0.25, -0.2) is 0 Å². The average molecular weight is 378 g/mol. The Labute approximate surface area is 154 Å². The van der Waals surface area contributed by atoms with Gasteiger partial charge in [0.1, 0.15) is 12.6 Å². The van der Waals surface area contributed by atoms with Gasteiger partial charge in [-0.1, -0.05) is 18.1 Å². The summed E-state index contributed by atoms with van der Waals surface area (Å²) in [6.45, 7) is -0.666. The second-order valence-corrected chi connectivity index (χ2v) is 7.11. The molecular weight excluding hydrogens is 361 g/mol. The minimum absolute atomic E-state index is 0.0960. The summed E-state index contributed by atoms with van der Waals surface area (Å²) in [6.07, 6.45) is 1.41. The van der Waals surface area contributed by atoms with Crippen molar-refractivity contribution in [2.24, 2.45) is 0 Å². The van der Waals surface area contributed by atoms with E-state index in [2.05, 4.69) is 5.92 Å². The van der Waals surface area contributed by atoms with E-state index in [0.29, 0.717) is 18.5 Å². The maximum atomic E-state index is 12.7. The zero-order valence-corrected chi connectivity index (χ0v) is 14.7. The van der Waals surface area contributed by atoms with Gasteiger partial charge >= 0.3 is 6.18 Å². The number of thiophene rings is 1. The molecule has 1 aromatic carbocycles. The van der Waals surface area contributed by atoms with Crippen molar-refractivity contribution in [3.63, 3.8) is 0 Å². The summed E-state index contributed by atoms with van der Waals surface area (Å²) in [6, 6.07) is 10.4. The molecule has 1 amide bonds. The molecule has 0 spiro atoms. The number of anilines is 1. The first-order chi connectivity index (χ1) is 12.4. The largest absolute Gasteiger partial charge is 0.406 e. The van der Waals surface area contributed by atoms with Gasteiger partial charge < -0.3 is 9.80 Å². The number of amides is 1. The molecule has 1 aliphatic rings. The van der Waals surface area contributed by atoms with Crippen molar-refractivity contribution < 1.29 is 18.0 Å². The summed E-state index contributed by atoms with van der Waals surface area (Å²) in [5, 5.41) is 1.93. The van der Waals surface area contributed by atoms with Gasteiger partial charge in [-0.2, -0.15) is 13.2 Å². The van der Waals surface area contributed by atoms with Gasteiger partial charge in [0.15, 0.2) is 0 Å². The quantitative estimate of drug-likeness (QED) is 0.737. The second kappa shape index (κ2) is 7.42. The van der Waals surface area contributed by atoms with E-state index in [1.54, 1.807) is 18.2 Å². The lowest BCUT2D eigenvalue weighted by Gasteiger charge is -2.30. The zero-order valence-electron chi connectivity index (χ0n) is 13.9. The summed E-state index contributed by atoms with van der Waals surface area (Å²) in [5.41, 5.74) is 1.40. The minimum atomic E-state index is -4.40. The number of terminal acetylenes is 1. The third kappa shape index (κ3) is 4.20. The van der Waals surface area contributed by atoms with Crippen molar-refractivity contribution in [1.29, 1.82) is 0 Å². The van der Waals surface area contributed by atoms with Crippen molar-refractivity contribution >= 4 is 22.9 Å². The molecule has 2 aromatic rings. The van der Waals surface area contributed by atoms with Crippen molar-refractivity contribution in [2.75, 3.05) is 18.0 Å². The third-order valence-electron chi connectivity index (χ3n) is 4.27. The van der Waals surface area contributed by atoms with Crippen LogP contribution in [0.2, 0.25) is 0 Å². The van der Waals surface area contributed by atoms with Crippen LogP contribution in [0.15, 0.2) is 41.8 Å². The molecule has 3 nitrogen and oxygen atoms in total. The molecule has 0 aliphatic carbocycles. The number of carbonyl (C=O) groups excluding carboxylic acids is 1. The van der Waals surface area contributed by atoms with E-state index in [4.69, 9.17) is 6.42 Å². The molecule has 1 aromatic heterocycles. The van der Waals surface area contributed by atoms with Crippen molar-refractivity contribution in [3.8, 4) is 12.3 Å². The molecule has 0 saturated carbocycles. The highest BCUT2D eigenvalue weighted by atomic mass is 32.1. The molecule has 1 unspecified atom stereocenters. The van der Waals surface area contributed by atoms with E-state index in [1.165, 1.54) is 11.3 Å². The maximum Gasteiger partial charge on any atom is 0.406 e.